The van der Waals surface area contributed by atoms with E-state index in [0.717, 1.165) is 27.8 Å². The van der Waals surface area contributed by atoms with Gasteiger partial charge < -0.3 is 4.74 Å². The van der Waals surface area contributed by atoms with Gasteiger partial charge in [-0.3, -0.25) is 4.79 Å². The number of ketones is 1. The molecule has 0 N–H and O–H groups in total. The highest BCUT2D eigenvalue weighted by molar-refractivity contribution is 9.10. The average Bonchev–Trinajstić information content (AvgIpc) is 2.87. The third kappa shape index (κ3) is 2.60. The number of Topliss-reactive ketones (excluding diaryl/α,β-unsaturated/α-hetero) is 1. The largest absolute Gasteiger partial charge is 0.493 e. The van der Waals surface area contributed by atoms with Gasteiger partial charge in [0.2, 0.25) is 0 Å². The molecule has 1 heterocycles. The number of rotatable bonds is 3. The number of hydrogen-bond acceptors (Lipinski definition) is 2. The first-order valence-corrected chi connectivity index (χ1v) is 7.54. The first-order valence-electron chi connectivity index (χ1n) is 6.37. The van der Waals surface area contributed by atoms with Crippen LogP contribution in [0.15, 0.2) is 40.9 Å². The number of ether oxygens (including phenoxy) is 1. The van der Waals surface area contributed by atoms with Crippen molar-refractivity contribution in [3.05, 3.63) is 62.6 Å². The lowest BCUT2D eigenvalue weighted by atomic mass is 10.00. The van der Waals surface area contributed by atoms with Crippen molar-refractivity contribution in [3.63, 3.8) is 0 Å². The summed E-state index contributed by atoms with van der Waals surface area (Å²) in [6, 6.07) is 11.1. The second-order valence-electron chi connectivity index (χ2n) is 4.73. The lowest BCUT2D eigenvalue weighted by molar-refractivity contribution is 0.0992. The highest BCUT2D eigenvalue weighted by Gasteiger charge is 2.20. The van der Waals surface area contributed by atoms with E-state index in [1.807, 2.05) is 24.3 Å². The van der Waals surface area contributed by atoms with Crippen LogP contribution in [0.4, 0.5) is 0 Å². The molecule has 2 aromatic carbocycles. The van der Waals surface area contributed by atoms with Crippen LogP contribution in [0.25, 0.3) is 0 Å². The van der Waals surface area contributed by atoms with E-state index in [2.05, 4.69) is 15.9 Å². The molecule has 0 saturated heterocycles. The normalized spacial score (nSPS) is 12.9. The predicted octanol–water partition coefficient (Wildman–Crippen LogP) is 4.46. The van der Waals surface area contributed by atoms with E-state index in [-0.39, 0.29) is 5.78 Å². The molecular weight excluding hydrogens is 340 g/mol. The molecule has 0 fully saturated rings. The maximum Gasteiger partial charge on any atom is 0.168 e. The summed E-state index contributed by atoms with van der Waals surface area (Å²) in [5.41, 5.74) is 2.62. The zero-order valence-corrected chi connectivity index (χ0v) is 13.0. The number of benzene rings is 2. The molecule has 0 radical (unpaired) electrons. The Morgan fingerprint density at radius 2 is 2.10 bits per heavy atom. The van der Waals surface area contributed by atoms with Crippen molar-refractivity contribution in [3.8, 4) is 5.75 Å². The van der Waals surface area contributed by atoms with Crippen molar-refractivity contribution in [2.75, 3.05) is 6.61 Å². The fourth-order valence-electron chi connectivity index (χ4n) is 2.43. The van der Waals surface area contributed by atoms with E-state index in [9.17, 15) is 4.79 Å². The third-order valence-electron chi connectivity index (χ3n) is 3.35. The molecule has 2 nitrogen and oxygen atoms in total. The fourth-order valence-corrected chi connectivity index (χ4v) is 3.23. The van der Waals surface area contributed by atoms with Gasteiger partial charge in [0, 0.05) is 28.4 Å². The number of fused-ring (bicyclic) bond motifs is 1. The molecule has 0 aromatic heterocycles. The highest BCUT2D eigenvalue weighted by Crippen LogP contribution is 2.34. The standard InChI is InChI=1S/C16H12BrClO2/c17-12-7-10-5-6-20-16(10)11(8-12)9-15(19)13-3-1-2-4-14(13)18/h1-4,7-8H,5-6,9H2. The molecule has 2 aromatic rings. The molecule has 0 amide bonds. The molecule has 1 aliphatic rings. The molecule has 3 rings (SSSR count). The average molecular weight is 352 g/mol. The van der Waals surface area contributed by atoms with E-state index in [4.69, 9.17) is 16.3 Å². The summed E-state index contributed by atoms with van der Waals surface area (Å²) in [5, 5.41) is 0.491. The van der Waals surface area contributed by atoms with Gasteiger partial charge in [-0.1, -0.05) is 39.7 Å². The highest BCUT2D eigenvalue weighted by atomic mass is 79.9. The Balaban J connectivity index is 1.93. The van der Waals surface area contributed by atoms with Gasteiger partial charge in [-0.25, -0.2) is 0 Å². The SMILES string of the molecule is O=C(Cc1cc(Br)cc2c1OCC2)c1ccccc1Cl. The Morgan fingerprint density at radius 1 is 1.30 bits per heavy atom. The van der Waals surface area contributed by atoms with E-state index in [0.29, 0.717) is 23.6 Å². The van der Waals surface area contributed by atoms with Crippen molar-refractivity contribution in [1.82, 2.24) is 0 Å². The summed E-state index contributed by atoms with van der Waals surface area (Å²) in [5.74, 6) is 0.861. The first kappa shape index (κ1) is 13.7. The number of carbonyl (C=O) groups is 1. The molecule has 0 aliphatic carbocycles. The van der Waals surface area contributed by atoms with Gasteiger partial charge in [-0.05, 0) is 29.8 Å². The summed E-state index contributed by atoms with van der Waals surface area (Å²) in [6.07, 6.45) is 1.19. The smallest absolute Gasteiger partial charge is 0.168 e. The van der Waals surface area contributed by atoms with Crippen LogP contribution in [0, 0.1) is 0 Å². The maximum absolute atomic E-state index is 12.4. The maximum atomic E-state index is 12.4. The molecule has 4 heteroatoms. The van der Waals surface area contributed by atoms with Crippen molar-refractivity contribution in [2.45, 2.75) is 12.8 Å². The molecule has 0 unspecified atom stereocenters. The van der Waals surface area contributed by atoms with Crippen LogP contribution < -0.4 is 4.74 Å². The molecule has 1 aliphatic heterocycles. The molecule has 102 valence electrons. The van der Waals surface area contributed by atoms with Gasteiger partial charge >= 0.3 is 0 Å². The third-order valence-corrected chi connectivity index (χ3v) is 4.14. The van der Waals surface area contributed by atoms with E-state index in [1.165, 1.54) is 0 Å². The lowest BCUT2D eigenvalue weighted by Gasteiger charge is -2.09. The Labute approximate surface area is 130 Å². The van der Waals surface area contributed by atoms with Gasteiger partial charge in [0.15, 0.2) is 5.78 Å². The summed E-state index contributed by atoms with van der Waals surface area (Å²) in [6.45, 7) is 0.680. The van der Waals surface area contributed by atoms with E-state index >= 15 is 0 Å². The Morgan fingerprint density at radius 3 is 2.90 bits per heavy atom. The van der Waals surface area contributed by atoms with Gasteiger partial charge in [0.25, 0.3) is 0 Å². The zero-order valence-electron chi connectivity index (χ0n) is 10.7. The second-order valence-corrected chi connectivity index (χ2v) is 6.05. The van der Waals surface area contributed by atoms with E-state index in [1.54, 1.807) is 12.1 Å². The van der Waals surface area contributed by atoms with Crippen LogP contribution in [0.1, 0.15) is 21.5 Å². The van der Waals surface area contributed by atoms with Crippen LogP contribution in [-0.2, 0) is 12.8 Å². The molecule has 0 spiro atoms. The van der Waals surface area contributed by atoms with E-state index < -0.39 is 0 Å². The van der Waals surface area contributed by atoms with Crippen LogP contribution >= 0.6 is 27.5 Å². The van der Waals surface area contributed by atoms with Gasteiger partial charge in [-0.15, -0.1) is 0 Å². The summed E-state index contributed by atoms with van der Waals surface area (Å²) in [4.78, 5) is 12.4. The summed E-state index contributed by atoms with van der Waals surface area (Å²) < 4.78 is 6.62. The Hall–Kier alpha value is -1.32. The monoisotopic (exact) mass is 350 g/mol. The molecule has 20 heavy (non-hydrogen) atoms. The van der Waals surface area contributed by atoms with Crippen molar-refractivity contribution >= 4 is 33.3 Å². The lowest BCUT2D eigenvalue weighted by Crippen LogP contribution is -2.05. The Bertz CT molecular complexity index is 682. The predicted molar refractivity (Wildman–Crippen MR) is 82.8 cm³/mol. The van der Waals surface area contributed by atoms with Gasteiger partial charge in [0.05, 0.1) is 11.6 Å². The van der Waals surface area contributed by atoms with Crippen LogP contribution in [-0.4, -0.2) is 12.4 Å². The van der Waals surface area contributed by atoms with Crippen molar-refractivity contribution < 1.29 is 9.53 Å². The quantitative estimate of drug-likeness (QED) is 0.763. The zero-order chi connectivity index (χ0) is 14.1. The fraction of sp³-hybridized carbons (Fsp3) is 0.188. The first-order chi connectivity index (χ1) is 9.65. The number of hydrogen-bond donors (Lipinski definition) is 0. The topological polar surface area (TPSA) is 26.3 Å². The molecule has 0 atom stereocenters. The van der Waals surface area contributed by atoms with Gasteiger partial charge in [0.1, 0.15) is 5.75 Å². The minimum absolute atomic E-state index is 0.00593. The Kier molecular flexibility index (Phi) is 3.81. The van der Waals surface area contributed by atoms with Crippen LogP contribution in [0.3, 0.4) is 0 Å². The van der Waals surface area contributed by atoms with Crippen LogP contribution in [0.5, 0.6) is 5.75 Å². The molecule has 0 saturated carbocycles. The second kappa shape index (κ2) is 5.58. The summed E-state index contributed by atoms with van der Waals surface area (Å²) in [7, 11) is 0. The minimum Gasteiger partial charge on any atom is -0.493 e. The van der Waals surface area contributed by atoms with Crippen molar-refractivity contribution in [2.24, 2.45) is 0 Å². The minimum atomic E-state index is 0.00593. The van der Waals surface area contributed by atoms with Crippen molar-refractivity contribution in [1.29, 1.82) is 0 Å². The molecule has 0 bridgehead atoms. The number of halogens is 2. The number of carbonyl (C=O) groups excluding carboxylic acids is 1. The summed E-state index contributed by atoms with van der Waals surface area (Å²) >= 11 is 9.56. The van der Waals surface area contributed by atoms with Crippen LogP contribution in [0.2, 0.25) is 5.02 Å². The van der Waals surface area contributed by atoms with Gasteiger partial charge in [-0.2, -0.15) is 0 Å². The molecular formula is C16H12BrClO2.